The van der Waals surface area contributed by atoms with Gasteiger partial charge in [0, 0.05) is 19.2 Å². The van der Waals surface area contributed by atoms with Crippen molar-refractivity contribution in [1.82, 2.24) is 9.55 Å². The standard InChI is InChI=1S/C26H42N2/c1-3-5-6-7-8-9-10-11-12-16-22-26-27-25(23-28(26)4-2)21-17-20-24-18-14-13-15-19-24/h13-15,18-19,23H,3-12,16-17,20-22H2,1-2H3. The van der Waals surface area contributed by atoms with Crippen LogP contribution in [-0.4, -0.2) is 9.55 Å². The molecule has 1 heterocycles. The highest BCUT2D eigenvalue weighted by Gasteiger charge is 2.07. The monoisotopic (exact) mass is 382 g/mol. The van der Waals surface area contributed by atoms with Gasteiger partial charge in [0.2, 0.25) is 0 Å². The fourth-order valence-electron chi connectivity index (χ4n) is 4.00. The van der Waals surface area contributed by atoms with Crippen molar-refractivity contribution in [2.24, 2.45) is 0 Å². The van der Waals surface area contributed by atoms with Crippen molar-refractivity contribution in [3.63, 3.8) is 0 Å². The molecule has 0 spiro atoms. The Bertz CT molecular complexity index is 615. The van der Waals surface area contributed by atoms with Crippen LogP contribution in [0, 0.1) is 0 Å². The van der Waals surface area contributed by atoms with E-state index in [1.54, 1.807) is 0 Å². The molecule has 0 aliphatic heterocycles. The molecule has 2 aromatic rings. The van der Waals surface area contributed by atoms with E-state index < -0.39 is 0 Å². The first-order chi connectivity index (χ1) is 13.8. The highest BCUT2D eigenvalue weighted by molar-refractivity contribution is 5.15. The van der Waals surface area contributed by atoms with Crippen LogP contribution >= 0.6 is 0 Å². The minimum absolute atomic E-state index is 1.04. The summed E-state index contributed by atoms with van der Waals surface area (Å²) in [4.78, 5) is 4.95. The molecule has 0 bridgehead atoms. The van der Waals surface area contributed by atoms with Crippen LogP contribution in [-0.2, 0) is 25.8 Å². The largest absolute Gasteiger partial charge is 0.335 e. The molecular formula is C26H42N2. The molecule has 0 amide bonds. The number of hydrogen-bond donors (Lipinski definition) is 0. The van der Waals surface area contributed by atoms with Crippen LogP contribution in [0.15, 0.2) is 36.5 Å². The molecule has 0 saturated carbocycles. The smallest absolute Gasteiger partial charge is 0.108 e. The summed E-state index contributed by atoms with van der Waals surface area (Å²) in [6.07, 6.45) is 20.8. The summed E-state index contributed by atoms with van der Waals surface area (Å²) in [5.41, 5.74) is 2.71. The van der Waals surface area contributed by atoms with Crippen molar-refractivity contribution in [1.29, 1.82) is 0 Å². The zero-order valence-electron chi connectivity index (χ0n) is 18.5. The molecule has 2 heteroatoms. The summed E-state index contributed by atoms with van der Waals surface area (Å²) < 4.78 is 2.37. The maximum atomic E-state index is 4.95. The molecule has 0 atom stereocenters. The van der Waals surface area contributed by atoms with Crippen LogP contribution < -0.4 is 0 Å². The molecule has 2 rings (SSSR count). The Labute approximate surface area is 173 Å². The summed E-state index contributed by atoms with van der Waals surface area (Å²) in [7, 11) is 0. The summed E-state index contributed by atoms with van der Waals surface area (Å²) in [6.45, 7) is 5.56. The van der Waals surface area contributed by atoms with Crippen LogP contribution in [0.4, 0.5) is 0 Å². The van der Waals surface area contributed by atoms with Gasteiger partial charge in [0.25, 0.3) is 0 Å². The third-order valence-corrected chi connectivity index (χ3v) is 5.74. The zero-order valence-corrected chi connectivity index (χ0v) is 18.5. The number of imidazole rings is 1. The average molecular weight is 383 g/mol. The van der Waals surface area contributed by atoms with Crippen LogP contribution in [0.2, 0.25) is 0 Å². The fraction of sp³-hybridized carbons (Fsp3) is 0.654. The van der Waals surface area contributed by atoms with Gasteiger partial charge in [0.15, 0.2) is 0 Å². The molecule has 0 fully saturated rings. The second kappa shape index (κ2) is 14.4. The van der Waals surface area contributed by atoms with Crippen molar-refractivity contribution < 1.29 is 0 Å². The van der Waals surface area contributed by atoms with E-state index in [-0.39, 0.29) is 0 Å². The van der Waals surface area contributed by atoms with E-state index in [4.69, 9.17) is 4.98 Å². The molecule has 0 radical (unpaired) electrons. The minimum Gasteiger partial charge on any atom is -0.335 e. The number of aryl methyl sites for hydroxylation is 4. The highest BCUT2D eigenvalue weighted by Crippen LogP contribution is 2.14. The highest BCUT2D eigenvalue weighted by atomic mass is 15.1. The maximum Gasteiger partial charge on any atom is 0.108 e. The average Bonchev–Trinajstić information content (AvgIpc) is 3.12. The lowest BCUT2D eigenvalue weighted by Gasteiger charge is -2.05. The molecule has 156 valence electrons. The molecule has 0 unspecified atom stereocenters. The molecule has 28 heavy (non-hydrogen) atoms. The second-order valence-corrected chi connectivity index (χ2v) is 8.21. The van der Waals surface area contributed by atoms with E-state index in [1.165, 1.54) is 87.7 Å². The van der Waals surface area contributed by atoms with Gasteiger partial charge in [0.1, 0.15) is 5.82 Å². The van der Waals surface area contributed by atoms with E-state index in [9.17, 15) is 0 Å². The maximum absolute atomic E-state index is 4.95. The molecule has 0 saturated heterocycles. The lowest BCUT2D eigenvalue weighted by Crippen LogP contribution is -2.00. The molecule has 2 nitrogen and oxygen atoms in total. The first kappa shape index (κ1) is 22.7. The predicted molar refractivity (Wildman–Crippen MR) is 122 cm³/mol. The molecular weight excluding hydrogens is 340 g/mol. The van der Waals surface area contributed by atoms with Gasteiger partial charge in [-0.25, -0.2) is 4.98 Å². The summed E-state index contributed by atoms with van der Waals surface area (Å²) in [5.74, 6) is 1.30. The van der Waals surface area contributed by atoms with E-state index in [1.807, 2.05) is 0 Å². The van der Waals surface area contributed by atoms with E-state index >= 15 is 0 Å². The Balaban J connectivity index is 1.59. The quantitative estimate of drug-likeness (QED) is 0.274. The molecule has 0 aliphatic carbocycles. The Hall–Kier alpha value is -1.57. The van der Waals surface area contributed by atoms with E-state index in [0.29, 0.717) is 0 Å². The lowest BCUT2D eigenvalue weighted by atomic mass is 10.1. The minimum atomic E-state index is 1.04. The Kier molecular flexibility index (Phi) is 11.7. The molecule has 1 aromatic carbocycles. The second-order valence-electron chi connectivity index (χ2n) is 8.21. The number of unbranched alkanes of at least 4 members (excludes halogenated alkanes) is 9. The number of nitrogens with zero attached hydrogens (tertiary/aromatic N) is 2. The number of hydrogen-bond acceptors (Lipinski definition) is 1. The van der Waals surface area contributed by atoms with Gasteiger partial charge in [-0.3, -0.25) is 0 Å². The SMILES string of the molecule is CCCCCCCCCCCCc1nc(CCCc2ccccc2)cn1CC. The van der Waals surface area contributed by atoms with Gasteiger partial charge in [-0.05, 0) is 38.2 Å². The van der Waals surface area contributed by atoms with Gasteiger partial charge >= 0.3 is 0 Å². The third-order valence-electron chi connectivity index (χ3n) is 5.74. The number of benzene rings is 1. The predicted octanol–water partition coefficient (Wildman–Crippen LogP) is 7.54. The van der Waals surface area contributed by atoms with Crippen molar-refractivity contribution in [2.75, 3.05) is 0 Å². The van der Waals surface area contributed by atoms with Crippen LogP contribution in [0.25, 0.3) is 0 Å². The van der Waals surface area contributed by atoms with Crippen LogP contribution in [0.1, 0.15) is 102 Å². The van der Waals surface area contributed by atoms with Gasteiger partial charge in [0.05, 0.1) is 5.69 Å². The van der Waals surface area contributed by atoms with Crippen molar-refractivity contribution in [3.05, 3.63) is 53.6 Å². The first-order valence-corrected chi connectivity index (χ1v) is 11.9. The summed E-state index contributed by atoms with van der Waals surface area (Å²) in [5, 5.41) is 0. The molecule has 1 aromatic heterocycles. The van der Waals surface area contributed by atoms with Gasteiger partial charge < -0.3 is 4.57 Å². The Morgan fingerprint density at radius 1 is 0.679 bits per heavy atom. The van der Waals surface area contributed by atoms with E-state index in [0.717, 1.165) is 25.8 Å². The normalized spacial score (nSPS) is 11.2. The third kappa shape index (κ3) is 9.08. The fourth-order valence-corrected chi connectivity index (χ4v) is 4.00. The van der Waals surface area contributed by atoms with Gasteiger partial charge in [-0.2, -0.15) is 0 Å². The topological polar surface area (TPSA) is 17.8 Å². The zero-order chi connectivity index (χ0) is 19.9. The number of aromatic nitrogens is 2. The van der Waals surface area contributed by atoms with Crippen molar-refractivity contribution >= 4 is 0 Å². The lowest BCUT2D eigenvalue weighted by molar-refractivity contribution is 0.550. The van der Waals surface area contributed by atoms with Crippen LogP contribution in [0.5, 0.6) is 0 Å². The Morgan fingerprint density at radius 2 is 1.32 bits per heavy atom. The van der Waals surface area contributed by atoms with Crippen LogP contribution in [0.3, 0.4) is 0 Å². The van der Waals surface area contributed by atoms with Gasteiger partial charge in [-0.15, -0.1) is 0 Å². The van der Waals surface area contributed by atoms with Crippen molar-refractivity contribution in [2.45, 2.75) is 110 Å². The number of rotatable bonds is 16. The van der Waals surface area contributed by atoms with Gasteiger partial charge in [-0.1, -0.05) is 95.0 Å². The first-order valence-electron chi connectivity index (χ1n) is 11.9. The summed E-state index contributed by atoms with van der Waals surface area (Å²) in [6, 6.07) is 10.8. The van der Waals surface area contributed by atoms with E-state index in [2.05, 4.69) is 54.9 Å². The Morgan fingerprint density at radius 3 is 1.96 bits per heavy atom. The molecule has 0 aliphatic rings. The van der Waals surface area contributed by atoms with Crippen molar-refractivity contribution in [3.8, 4) is 0 Å². The summed E-state index contributed by atoms with van der Waals surface area (Å²) >= 11 is 0. The molecule has 0 N–H and O–H groups in total.